The van der Waals surface area contributed by atoms with E-state index >= 15 is 0 Å². The quantitative estimate of drug-likeness (QED) is 0.723. The van der Waals surface area contributed by atoms with Gasteiger partial charge in [0.25, 0.3) is 0 Å². The molecule has 0 bridgehead atoms. The molecule has 7 atom stereocenters. The van der Waals surface area contributed by atoms with E-state index < -0.39 is 0 Å². The zero-order chi connectivity index (χ0) is 15.7. The number of allylic oxidation sites excluding steroid dienone is 1. The van der Waals surface area contributed by atoms with Crippen molar-refractivity contribution in [2.24, 2.45) is 28.6 Å². The van der Waals surface area contributed by atoms with Gasteiger partial charge in [0.05, 0.1) is 12.2 Å². The molecule has 0 radical (unpaired) electrons. The monoisotopic (exact) mass is 304 g/mol. The van der Waals surface area contributed by atoms with Gasteiger partial charge in [0.15, 0.2) is 5.78 Å². The van der Waals surface area contributed by atoms with Gasteiger partial charge in [0.1, 0.15) is 0 Å². The molecule has 0 heterocycles. The van der Waals surface area contributed by atoms with E-state index in [0.717, 1.165) is 38.5 Å². The number of carbonyl (C=O) groups is 1. The number of carbonyl (C=O) groups excluding carboxylic acids is 1. The zero-order valence-electron chi connectivity index (χ0n) is 13.7. The number of fused-ring (bicyclic) bond motifs is 5. The summed E-state index contributed by atoms with van der Waals surface area (Å²) in [5, 5.41) is 20.4. The van der Waals surface area contributed by atoms with Crippen molar-refractivity contribution in [3.05, 3.63) is 11.6 Å². The molecule has 3 heteroatoms. The van der Waals surface area contributed by atoms with E-state index in [4.69, 9.17) is 0 Å². The van der Waals surface area contributed by atoms with Gasteiger partial charge in [-0.3, -0.25) is 4.79 Å². The van der Waals surface area contributed by atoms with Gasteiger partial charge in [-0.05, 0) is 73.7 Å². The lowest BCUT2D eigenvalue weighted by atomic mass is 9.47. The second-order valence-corrected chi connectivity index (χ2v) is 8.76. The van der Waals surface area contributed by atoms with Crippen LogP contribution in [0.4, 0.5) is 0 Å². The van der Waals surface area contributed by atoms with E-state index in [9.17, 15) is 15.0 Å². The predicted molar refractivity (Wildman–Crippen MR) is 84.1 cm³/mol. The smallest absolute Gasteiger partial charge is 0.159 e. The molecule has 3 fully saturated rings. The average Bonchev–Trinajstić information content (AvgIpc) is 2.77. The molecule has 122 valence electrons. The Morgan fingerprint density at radius 3 is 2.59 bits per heavy atom. The maximum atomic E-state index is 12.9. The van der Waals surface area contributed by atoms with E-state index in [1.54, 1.807) is 0 Å². The fourth-order valence-electron chi connectivity index (χ4n) is 6.36. The minimum atomic E-state index is -0.272. The first kappa shape index (κ1) is 14.9. The van der Waals surface area contributed by atoms with Crippen LogP contribution < -0.4 is 0 Å². The average molecular weight is 304 g/mol. The Morgan fingerprint density at radius 1 is 1.05 bits per heavy atom. The number of ketones is 1. The van der Waals surface area contributed by atoms with Gasteiger partial charge in [-0.15, -0.1) is 0 Å². The molecule has 0 saturated heterocycles. The van der Waals surface area contributed by atoms with Crippen molar-refractivity contribution in [2.75, 3.05) is 0 Å². The molecule has 0 spiro atoms. The van der Waals surface area contributed by atoms with Crippen molar-refractivity contribution in [1.82, 2.24) is 0 Å². The minimum Gasteiger partial charge on any atom is -0.393 e. The minimum absolute atomic E-state index is 0.0628. The van der Waals surface area contributed by atoms with Crippen molar-refractivity contribution >= 4 is 5.78 Å². The molecule has 2 N–H and O–H groups in total. The molecule has 4 rings (SSSR count). The lowest BCUT2D eigenvalue weighted by molar-refractivity contribution is -0.136. The number of hydrogen-bond acceptors (Lipinski definition) is 3. The van der Waals surface area contributed by atoms with Gasteiger partial charge >= 0.3 is 0 Å². The van der Waals surface area contributed by atoms with Gasteiger partial charge in [0, 0.05) is 5.92 Å². The largest absolute Gasteiger partial charge is 0.393 e. The molecule has 0 aliphatic heterocycles. The molecule has 0 amide bonds. The van der Waals surface area contributed by atoms with Crippen molar-refractivity contribution in [1.29, 1.82) is 0 Å². The Bertz CT molecular complexity index is 539. The van der Waals surface area contributed by atoms with Gasteiger partial charge in [0.2, 0.25) is 0 Å². The Labute approximate surface area is 132 Å². The fourth-order valence-corrected chi connectivity index (χ4v) is 6.36. The van der Waals surface area contributed by atoms with Crippen LogP contribution in [0.15, 0.2) is 11.6 Å². The Morgan fingerprint density at radius 2 is 1.82 bits per heavy atom. The lowest BCUT2D eigenvalue weighted by Crippen LogP contribution is -2.54. The Hall–Kier alpha value is -0.670. The van der Waals surface area contributed by atoms with Crippen molar-refractivity contribution in [3.63, 3.8) is 0 Å². The van der Waals surface area contributed by atoms with Gasteiger partial charge in [-0.25, -0.2) is 0 Å². The number of aliphatic hydroxyl groups excluding tert-OH is 2. The SMILES string of the molecule is C[C@]12CCC(O)CC1=CC(=O)[C@@H]1[C@@H]2CC[C@]2(C)C(O)CC[C@@H]12. The summed E-state index contributed by atoms with van der Waals surface area (Å²) in [5.74, 6) is 1.13. The summed E-state index contributed by atoms with van der Waals surface area (Å²) in [4.78, 5) is 12.9. The molecular weight excluding hydrogens is 276 g/mol. The summed E-state index contributed by atoms with van der Waals surface area (Å²) in [5.41, 5.74) is 1.22. The van der Waals surface area contributed by atoms with E-state index in [2.05, 4.69) is 13.8 Å². The topological polar surface area (TPSA) is 57.5 Å². The molecule has 4 aliphatic carbocycles. The van der Waals surface area contributed by atoms with Crippen LogP contribution in [0.3, 0.4) is 0 Å². The van der Waals surface area contributed by atoms with Crippen molar-refractivity contribution < 1.29 is 15.0 Å². The highest BCUT2D eigenvalue weighted by molar-refractivity contribution is 5.94. The molecule has 3 saturated carbocycles. The molecule has 0 aromatic heterocycles. The highest BCUT2D eigenvalue weighted by Gasteiger charge is 2.60. The maximum Gasteiger partial charge on any atom is 0.159 e. The maximum absolute atomic E-state index is 12.9. The summed E-state index contributed by atoms with van der Waals surface area (Å²) >= 11 is 0. The van der Waals surface area contributed by atoms with Crippen molar-refractivity contribution in [3.8, 4) is 0 Å². The van der Waals surface area contributed by atoms with E-state index in [1.807, 2.05) is 6.08 Å². The highest BCUT2D eigenvalue weighted by atomic mass is 16.3. The first-order valence-corrected chi connectivity index (χ1v) is 8.97. The number of aliphatic hydroxyl groups is 2. The van der Waals surface area contributed by atoms with Gasteiger partial charge in [-0.2, -0.15) is 0 Å². The third-order valence-corrected chi connectivity index (χ3v) is 7.87. The molecule has 4 aliphatic rings. The van der Waals surface area contributed by atoms with Crippen LogP contribution in [0.5, 0.6) is 0 Å². The first-order chi connectivity index (χ1) is 10.4. The van der Waals surface area contributed by atoms with E-state index in [1.165, 1.54) is 5.57 Å². The lowest BCUT2D eigenvalue weighted by Gasteiger charge is -2.56. The normalized spacial score (nSPS) is 54.3. The van der Waals surface area contributed by atoms with Crippen LogP contribution in [-0.2, 0) is 4.79 Å². The summed E-state index contributed by atoms with van der Waals surface area (Å²) in [6, 6.07) is 0. The highest BCUT2D eigenvalue weighted by Crippen LogP contribution is 2.63. The molecule has 2 unspecified atom stereocenters. The third kappa shape index (κ3) is 1.78. The molecule has 0 aromatic carbocycles. The van der Waals surface area contributed by atoms with Gasteiger partial charge in [-0.1, -0.05) is 19.4 Å². The standard InChI is InChI=1S/C19H28O3/c1-18-7-5-12(20)9-11(18)10-15(21)17-13-3-4-16(22)19(13,2)8-6-14(17)18/h10,12-14,16-17,20,22H,3-9H2,1-2H3/t12?,13-,14-,16?,17-,18-,19-/m0/s1. The second kappa shape index (κ2) is 4.67. The van der Waals surface area contributed by atoms with Gasteiger partial charge < -0.3 is 10.2 Å². The Balaban J connectivity index is 1.75. The fraction of sp³-hybridized carbons (Fsp3) is 0.842. The van der Waals surface area contributed by atoms with E-state index in [-0.39, 0.29) is 34.7 Å². The van der Waals surface area contributed by atoms with Crippen LogP contribution in [0.25, 0.3) is 0 Å². The second-order valence-electron chi connectivity index (χ2n) is 8.76. The predicted octanol–water partition coefficient (Wildman–Crippen LogP) is 2.85. The molecule has 3 nitrogen and oxygen atoms in total. The van der Waals surface area contributed by atoms with Crippen LogP contribution in [0.1, 0.15) is 58.8 Å². The van der Waals surface area contributed by atoms with E-state index in [0.29, 0.717) is 18.3 Å². The summed E-state index contributed by atoms with van der Waals surface area (Å²) in [6.07, 6.45) is 7.83. The zero-order valence-corrected chi connectivity index (χ0v) is 13.7. The number of hydrogen-bond donors (Lipinski definition) is 2. The van der Waals surface area contributed by atoms with Crippen molar-refractivity contribution in [2.45, 2.75) is 71.0 Å². The third-order valence-electron chi connectivity index (χ3n) is 7.87. The van der Waals surface area contributed by atoms with Crippen LogP contribution in [-0.4, -0.2) is 28.2 Å². The van der Waals surface area contributed by atoms with Crippen LogP contribution >= 0.6 is 0 Å². The van der Waals surface area contributed by atoms with Crippen LogP contribution in [0.2, 0.25) is 0 Å². The molecular formula is C19H28O3. The van der Waals surface area contributed by atoms with Crippen LogP contribution in [0, 0.1) is 28.6 Å². The number of rotatable bonds is 0. The molecule has 0 aromatic rings. The first-order valence-electron chi connectivity index (χ1n) is 8.97. The summed E-state index contributed by atoms with van der Waals surface area (Å²) in [6.45, 7) is 4.52. The summed E-state index contributed by atoms with van der Waals surface area (Å²) < 4.78 is 0. The molecule has 22 heavy (non-hydrogen) atoms. The Kier molecular flexibility index (Phi) is 3.16. The summed E-state index contributed by atoms with van der Waals surface area (Å²) in [7, 11) is 0.